The Labute approximate surface area is 239 Å². The third-order valence-corrected chi connectivity index (χ3v) is 8.86. The van der Waals surface area contributed by atoms with Crippen LogP contribution in [0, 0.1) is 5.92 Å². The van der Waals surface area contributed by atoms with Crippen molar-refractivity contribution in [1.29, 1.82) is 0 Å². The highest BCUT2D eigenvalue weighted by molar-refractivity contribution is 7.79. The molecule has 11 heteroatoms. The highest BCUT2D eigenvalue weighted by Crippen LogP contribution is 2.38. The van der Waals surface area contributed by atoms with E-state index in [1.807, 2.05) is 18.2 Å². The molecule has 0 radical (unpaired) electrons. The summed E-state index contributed by atoms with van der Waals surface area (Å²) in [5.74, 6) is 0.315. The molecule has 218 valence electrons. The van der Waals surface area contributed by atoms with Crippen molar-refractivity contribution in [2.24, 2.45) is 5.92 Å². The topological polar surface area (TPSA) is 94.6 Å². The Bertz CT molecular complexity index is 1380. The van der Waals surface area contributed by atoms with E-state index in [1.165, 1.54) is 23.9 Å². The number of aromatic nitrogens is 1. The number of pyridine rings is 1. The monoisotopic (exact) mass is 586 g/mol. The zero-order valence-electron chi connectivity index (χ0n) is 22.4. The van der Waals surface area contributed by atoms with Gasteiger partial charge in [-0.05, 0) is 85.0 Å². The van der Waals surface area contributed by atoms with E-state index in [-0.39, 0.29) is 11.5 Å². The average molecular weight is 587 g/mol. The molecule has 3 atom stereocenters. The number of amides is 1. The van der Waals surface area contributed by atoms with Crippen LogP contribution in [0.3, 0.4) is 0 Å². The first-order valence-corrected chi connectivity index (χ1v) is 15.0. The number of rotatable bonds is 9. The van der Waals surface area contributed by atoms with E-state index in [9.17, 15) is 26.7 Å². The van der Waals surface area contributed by atoms with Gasteiger partial charge in [0.2, 0.25) is 0 Å². The zero-order chi connectivity index (χ0) is 29.0. The van der Waals surface area contributed by atoms with Crippen molar-refractivity contribution in [1.82, 2.24) is 15.6 Å². The van der Waals surface area contributed by atoms with E-state index in [1.54, 1.807) is 24.5 Å². The molecule has 0 spiro atoms. The average Bonchev–Trinajstić information content (AvgIpc) is 3.38. The molecule has 2 aliphatic rings. The molecule has 1 fully saturated rings. The Morgan fingerprint density at radius 1 is 1.07 bits per heavy atom. The van der Waals surface area contributed by atoms with Crippen molar-refractivity contribution in [3.05, 3.63) is 94.8 Å². The zero-order valence-corrected chi connectivity index (χ0v) is 23.3. The van der Waals surface area contributed by atoms with Crippen LogP contribution in [0.5, 0.6) is 0 Å². The Morgan fingerprint density at radius 2 is 1.80 bits per heavy atom. The second-order valence-electron chi connectivity index (χ2n) is 10.6. The van der Waals surface area contributed by atoms with E-state index < -0.39 is 34.2 Å². The molecule has 1 amide bonds. The Balaban J connectivity index is 1.19. The fourth-order valence-corrected chi connectivity index (χ4v) is 6.57. The first-order valence-electron chi connectivity index (χ1n) is 13.8. The standard InChI is InChI=1S/C30H33F3N4O3S/c31-30(32,33)26-4-2-1-3-24(26)29(41(39)40)36-27-8-7-21-5-6-22(19-25(21)27)28(38)35-16-9-20-12-17-37(18-13-20)23-10-14-34-15-11-23/h1-6,10-11,14-15,19-20,27,29,36H,7-9,12-13,16-18H2,(H,35,38)(H,39,40). The maximum Gasteiger partial charge on any atom is 0.416 e. The molecule has 2 aromatic carbocycles. The largest absolute Gasteiger partial charge is 0.416 e. The van der Waals surface area contributed by atoms with Gasteiger partial charge in [0.05, 0.1) is 5.56 Å². The number of fused-ring (bicyclic) bond motifs is 1. The number of hydrogen-bond acceptors (Lipinski definition) is 5. The smallest absolute Gasteiger partial charge is 0.371 e. The minimum atomic E-state index is -4.66. The summed E-state index contributed by atoms with van der Waals surface area (Å²) in [5.41, 5.74) is 2.14. The number of piperidine rings is 1. The fourth-order valence-electron chi connectivity index (χ4n) is 5.87. The molecule has 3 aromatic rings. The van der Waals surface area contributed by atoms with Crippen LogP contribution in [0.4, 0.5) is 18.9 Å². The lowest BCUT2D eigenvalue weighted by atomic mass is 9.93. The lowest BCUT2D eigenvalue weighted by molar-refractivity contribution is -0.138. The first kappa shape index (κ1) is 29.2. The molecule has 1 aliphatic carbocycles. The summed E-state index contributed by atoms with van der Waals surface area (Å²) < 4.78 is 63.0. The third-order valence-electron chi connectivity index (χ3n) is 8.07. The van der Waals surface area contributed by atoms with Crippen LogP contribution in [0.25, 0.3) is 0 Å². The molecule has 7 nitrogen and oxygen atoms in total. The van der Waals surface area contributed by atoms with Gasteiger partial charge in [-0.1, -0.05) is 24.3 Å². The van der Waals surface area contributed by atoms with E-state index in [2.05, 4.69) is 20.5 Å². The SMILES string of the molecule is O=C(NCCC1CCN(c2ccncc2)CC1)c1ccc2c(c1)C(NC(c1ccccc1C(F)(F)F)S(=O)O)CC2. The minimum absolute atomic E-state index is 0.211. The molecule has 1 saturated heterocycles. The predicted molar refractivity (Wildman–Crippen MR) is 152 cm³/mol. The number of alkyl halides is 3. The Morgan fingerprint density at radius 3 is 2.51 bits per heavy atom. The molecule has 1 aliphatic heterocycles. The minimum Gasteiger partial charge on any atom is -0.371 e. The number of carbonyl (C=O) groups excluding carboxylic acids is 1. The third kappa shape index (κ3) is 6.97. The summed E-state index contributed by atoms with van der Waals surface area (Å²) in [4.78, 5) is 19.4. The summed E-state index contributed by atoms with van der Waals surface area (Å²) >= 11 is -2.60. The number of halogens is 3. The van der Waals surface area contributed by atoms with Gasteiger partial charge >= 0.3 is 6.18 Å². The van der Waals surface area contributed by atoms with Gasteiger partial charge in [-0.3, -0.25) is 15.1 Å². The molecule has 1 aromatic heterocycles. The van der Waals surface area contributed by atoms with Crippen molar-refractivity contribution in [2.75, 3.05) is 24.5 Å². The lowest BCUT2D eigenvalue weighted by Gasteiger charge is -2.33. The molecule has 0 bridgehead atoms. The maximum atomic E-state index is 13.6. The number of nitrogens with zero attached hydrogens (tertiary/aromatic N) is 2. The van der Waals surface area contributed by atoms with Crippen LogP contribution in [0.1, 0.15) is 69.7 Å². The van der Waals surface area contributed by atoms with E-state index in [4.69, 9.17) is 0 Å². The van der Waals surface area contributed by atoms with Crippen molar-refractivity contribution in [3.63, 3.8) is 0 Å². The first-order chi connectivity index (χ1) is 19.7. The molecule has 5 rings (SSSR count). The van der Waals surface area contributed by atoms with Gasteiger partial charge < -0.3 is 14.8 Å². The molecule has 3 unspecified atom stereocenters. The summed E-state index contributed by atoms with van der Waals surface area (Å²) in [5, 5.41) is 4.55. The fraction of sp³-hybridized carbons (Fsp3) is 0.400. The quantitative estimate of drug-likeness (QED) is 0.281. The Hall–Kier alpha value is -3.28. The second-order valence-corrected chi connectivity index (χ2v) is 11.6. The van der Waals surface area contributed by atoms with Crippen molar-refractivity contribution in [2.45, 2.75) is 49.7 Å². The normalized spacial score (nSPS) is 19.0. The molecular formula is C30H33F3N4O3S. The van der Waals surface area contributed by atoms with Crippen LogP contribution < -0.4 is 15.5 Å². The predicted octanol–water partition coefficient (Wildman–Crippen LogP) is 5.63. The molecular weight excluding hydrogens is 553 g/mol. The highest BCUT2D eigenvalue weighted by atomic mass is 32.2. The van der Waals surface area contributed by atoms with E-state index in [0.29, 0.717) is 30.9 Å². The van der Waals surface area contributed by atoms with Crippen LogP contribution in [-0.2, 0) is 23.7 Å². The van der Waals surface area contributed by atoms with Crippen LogP contribution in [-0.4, -0.2) is 39.3 Å². The number of nitrogens with one attached hydrogen (secondary N) is 2. The highest BCUT2D eigenvalue weighted by Gasteiger charge is 2.38. The summed E-state index contributed by atoms with van der Waals surface area (Å²) in [6.07, 6.45) is 3.11. The maximum absolute atomic E-state index is 13.6. The number of carbonyl (C=O) groups is 1. The van der Waals surface area contributed by atoms with Gasteiger partial charge in [-0.2, -0.15) is 13.2 Å². The molecule has 41 heavy (non-hydrogen) atoms. The van der Waals surface area contributed by atoms with Crippen LogP contribution in [0.15, 0.2) is 67.0 Å². The Kier molecular flexibility index (Phi) is 9.06. The van der Waals surface area contributed by atoms with Crippen molar-refractivity contribution in [3.8, 4) is 0 Å². The summed E-state index contributed by atoms with van der Waals surface area (Å²) in [7, 11) is 0. The molecule has 0 saturated carbocycles. The molecule has 2 heterocycles. The summed E-state index contributed by atoms with van der Waals surface area (Å²) in [6, 6.07) is 13.7. The van der Waals surface area contributed by atoms with Crippen LogP contribution in [0.2, 0.25) is 0 Å². The number of aryl methyl sites for hydroxylation is 1. The molecule has 3 N–H and O–H groups in total. The van der Waals surface area contributed by atoms with E-state index in [0.717, 1.165) is 49.5 Å². The van der Waals surface area contributed by atoms with Gasteiger partial charge in [0.1, 0.15) is 5.37 Å². The lowest BCUT2D eigenvalue weighted by Crippen LogP contribution is -2.35. The van der Waals surface area contributed by atoms with Crippen LogP contribution >= 0.6 is 0 Å². The van der Waals surface area contributed by atoms with Gasteiger partial charge in [-0.25, -0.2) is 4.21 Å². The van der Waals surface area contributed by atoms with Gasteiger partial charge in [0, 0.05) is 49.3 Å². The number of benzene rings is 2. The number of hydrogen-bond donors (Lipinski definition) is 3. The van der Waals surface area contributed by atoms with E-state index >= 15 is 0 Å². The van der Waals surface area contributed by atoms with Gasteiger partial charge in [-0.15, -0.1) is 0 Å². The number of anilines is 1. The van der Waals surface area contributed by atoms with Crippen molar-refractivity contribution >= 4 is 22.7 Å². The van der Waals surface area contributed by atoms with Gasteiger partial charge in [0.15, 0.2) is 11.1 Å². The summed E-state index contributed by atoms with van der Waals surface area (Å²) in [6.45, 7) is 2.49. The second kappa shape index (κ2) is 12.7. The van der Waals surface area contributed by atoms with Crippen molar-refractivity contribution < 1.29 is 26.7 Å². The van der Waals surface area contributed by atoms with Gasteiger partial charge in [0.25, 0.3) is 5.91 Å².